The molecule has 1 saturated heterocycles. The number of furan rings is 1. The van der Waals surface area contributed by atoms with Gasteiger partial charge in [0.15, 0.2) is 4.32 Å². The molecule has 0 radical (unpaired) electrons. The Bertz CT molecular complexity index is 1070. The average molecular weight is 432 g/mol. The summed E-state index contributed by atoms with van der Waals surface area (Å²) < 4.78 is 6.31. The lowest BCUT2D eigenvalue weighted by Gasteiger charge is -2.14. The van der Waals surface area contributed by atoms with Crippen LogP contribution in [0, 0.1) is 0 Å². The van der Waals surface area contributed by atoms with E-state index in [0.29, 0.717) is 36.5 Å². The summed E-state index contributed by atoms with van der Waals surface area (Å²) in [7, 11) is 0. The van der Waals surface area contributed by atoms with Crippen LogP contribution in [0.2, 0.25) is 10.0 Å². The Hall–Kier alpha value is -2.05. The predicted octanol–water partition coefficient (Wildman–Crippen LogP) is 6.66. The molecule has 0 atom stereocenters. The number of halogens is 2. The number of thiocarbonyl (C=S) groups is 1. The molecule has 0 bridgehead atoms. The summed E-state index contributed by atoms with van der Waals surface area (Å²) in [6.07, 6.45) is 1.69. The topological polar surface area (TPSA) is 33.5 Å². The summed E-state index contributed by atoms with van der Waals surface area (Å²) in [5, 5.41) is 1.20. The predicted molar refractivity (Wildman–Crippen MR) is 116 cm³/mol. The Labute approximate surface area is 175 Å². The lowest BCUT2D eigenvalue weighted by atomic mass is 10.2. The van der Waals surface area contributed by atoms with E-state index in [4.69, 9.17) is 39.8 Å². The highest BCUT2D eigenvalue weighted by atomic mass is 35.5. The number of nitrogens with zero attached hydrogens (tertiary/aromatic N) is 1. The molecule has 1 amide bonds. The van der Waals surface area contributed by atoms with Crippen LogP contribution in [0.15, 0.2) is 70.0 Å². The molecule has 3 aromatic rings. The molecule has 1 aliphatic rings. The van der Waals surface area contributed by atoms with Gasteiger partial charge in [0.25, 0.3) is 5.91 Å². The first-order valence-electron chi connectivity index (χ1n) is 7.91. The van der Waals surface area contributed by atoms with Gasteiger partial charge < -0.3 is 4.42 Å². The van der Waals surface area contributed by atoms with Gasteiger partial charge in [-0.3, -0.25) is 9.69 Å². The molecule has 7 heteroatoms. The maximum absolute atomic E-state index is 12.8. The van der Waals surface area contributed by atoms with Crippen molar-refractivity contribution >= 4 is 69.2 Å². The van der Waals surface area contributed by atoms with E-state index in [1.807, 2.05) is 24.3 Å². The van der Waals surface area contributed by atoms with Gasteiger partial charge in [0, 0.05) is 16.7 Å². The number of carbonyl (C=O) groups excluding carboxylic acids is 1. The van der Waals surface area contributed by atoms with E-state index in [1.165, 1.54) is 16.7 Å². The molecule has 0 unspecified atom stereocenters. The summed E-state index contributed by atoms with van der Waals surface area (Å²) >= 11 is 18.7. The lowest BCUT2D eigenvalue weighted by Crippen LogP contribution is -2.27. The number of hydrogen-bond donors (Lipinski definition) is 0. The maximum Gasteiger partial charge on any atom is 0.270 e. The van der Waals surface area contributed by atoms with Gasteiger partial charge in [-0.25, -0.2) is 0 Å². The molecule has 2 aromatic carbocycles. The number of amides is 1. The maximum atomic E-state index is 12.8. The first-order valence-corrected chi connectivity index (χ1v) is 9.89. The quantitative estimate of drug-likeness (QED) is 0.342. The van der Waals surface area contributed by atoms with Crippen LogP contribution in [-0.2, 0) is 4.79 Å². The zero-order valence-electron chi connectivity index (χ0n) is 13.7. The fourth-order valence-corrected chi connectivity index (χ4v) is 4.28. The van der Waals surface area contributed by atoms with Gasteiger partial charge in [-0.1, -0.05) is 59.3 Å². The van der Waals surface area contributed by atoms with E-state index in [1.54, 1.807) is 42.5 Å². The fourth-order valence-electron chi connectivity index (χ4n) is 2.65. The van der Waals surface area contributed by atoms with E-state index >= 15 is 0 Å². The molecule has 0 spiro atoms. The van der Waals surface area contributed by atoms with E-state index in [9.17, 15) is 4.79 Å². The van der Waals surface area contributed by atoms with Gasteiger partial charge in [0.1, 0.15) is 11.5 Å². The molecule has 3 nitrogen and oxygen atoms in total. The summed E-state index contributed by atoms with van der Waals surface area (Å²) in [4.78, 5) is 14.8. The van der Waals surface area contributed by atoms with Crippen molar-refractivity contribution in [1.82, 2.24) is 0 Å². The molecular weight excluding hydrogens is 421 g/mol. The van der Waals surface area contributed by atoms with Crippen molar-refractivity contribution in [2.45, 2.75) is 0 Å². The first-order chi connectivity index (χ1) is 13.0. The van der Waals surface area contributed by atoms with Crippen LogP contribution in [0.3, 0.4) is 0 Å². The highest BCUT2D eigenvalue weighted by Gasteiger charge is 2.33. The monoisotopic (exact) mass is 431 g/mol. The molecule has 1 aromatic heterocycles. The van der Waals surface area contributed by atoms with Crippen LogP contribution in [0.1, 0.15) is 5.76 Å². The number of thioether (sulfide) groups is 1. The number of carbonyl (C=O) groups is 1. The number of anilines is 1. The van der Waals surface area contributed by atoms with Crippen molar-refractivity contribution in [2.24, 2.45) is 0 Å². The van der Waals surface area contributed by atoms with E-state index < -0.39 is 0 Å². The zero-order chi connectivity index (χ0) is 19.0. The normalized spacial score (nSPS) is 15.8. The van der Waals surface area contributed by atoms with Gasteiger partial charge in [-0.15, -0.1) is 0 Å². The van der Waals surface area contributed by atoms with Crippen LogP contribution >= 0.6 is 47.2 Å². The highest BCUT2D eigenvalue weighted by Crippen LogP contribution is 2.37. The molecule has 27 heavy (non-hydrogen) atoms. The zero-order valence-corrected chi connectivity index (χ0v) is 16.8. The van der Waals surface area contributed by atoms with E-state index in [-0.39, 0.29) is 5.91 Å². The average Bonchev–Trinajstić information content (AvgIpc) is 3.22. The van der Waals surface area contributed by atoms with Crippen molar-refractivity contribution in [2.75, 3.05) is 4.90 Å². The molecule has 4 rings (SSSR count). The van der Waals surface area contributed by atoms with Gasteiger partial charge in [-0.05, 0) is 48.5 Å². The summed E-state index contributed by atoms with van der Waals surface area (Å²) in [5.41, 5.74) is 1.48. The number of hydrogen-bond acceptors (Lipinski definition) is 4. The van der Waals surface area contributed by atoms with Crippen molar-refractivity contribution < 1.29 is 9.21 Å². The van der Waals surface area contributed by atoms with Gasteiger partial charge in [0.2, 0.25) is 0 Å². The van der Waals surface area contributed by atoms with E-state index in [2.05, 4.69) is 0 Å². The van der Waals surface area contributed by atoms with Crippen LogP contribution in [0.4, 0.5) is 5.69 Å². The standard InChI is InChI=1S/C20H11Cl2NO2S2/c21-12-5-7-13(8-6-12)23-19(24)18(27-20(23)26)11-14-9-10-17(25-14)15-3-1-2-4-16(15)22/h1-11H/b18-11+. The van der Waals surface area contributed by atoms with Crippen LogP contribution in [0.25, 0.3) is 17.4 Å². The SMILES string of the molecule is O=C1/C(=C\c2ccc(-c3ccccc3Cl)o2)SC(=S)N1c1ccc(Cl)cc1. The van der Waals surface area contributed by atoms with Crippen LogP contribution in [-0.4, -0.2) is 10.2 Å². The third-order valence-electron chi connectivity index (χ3n) is 3.92. The Kier molecular flexibility index (Phi) is 5.10. The highest BCUT2D eigenvalue weighted by molar-refractivity contribution is 8.27. The second-order valence-corrected chi connectivity index (χ2v) is 8.19. The fraction of sp³-hybridized carbons (Fsp3) is 0. The third kappa shape index (κ3) is 3.69. The molecule has 0 N–H and O–H groups in total. The summed E-state index contributed by atoms with van der Waals surface area (Å²) in [6, 6.07) is 18.0. The van der Waals surface area contributed by atoms with Crippen molar-refractivity contribution in [3.63, 3.8) is 0 Å². The minimum absolute atomic E-state index is 0.192. The molecule has 2 heterocycles. The van der Waals surface area contributed by atoms with Crippen molar-refractivity contribution in [3.8, 4) is 11.3 Å². The number of rotatable bonds is 3. The smallest absolute Gasteiger partial charge is 0.270 e. The van der Waals surface area contributed by atoms with E-state index in [0.717, 1.165) is 5.56 Å². The number of benzene rings is 2. The van der Waals surface area contributed by atoms with Crippen LogP contribution in [0.5, 0.6) is 0 Å². The minimum atomic E-state index is -0.192. The van der Waals surface area contributed by atoms with Crippen molar-refractivity contribution in [3.05, 3.63) is 81.4 Å². The van der Waals surface area contributed by atoms with Crippen LogP contribution < -0.4 is 4.90 Å². The van der Waals surface area contributed by atoms with Gasteiger partial charge in [-0.2, -0.15) is 0 Å². The second kappa shape index (κ2) is 7.52. The first kappa shape index (κ1) is 18.3. The molecule has 134 valence electrons. The van der Waals surface area contributed by atoms with Gasteiger partial charge in [0.05, 0.1) is 15.6 Å². The molecule has 1 aliphatic heterocycles. The second-order valence-electron chi connectivity index (χ2n) is 5.68. The minimum Gasteiger partial charge on any atom is -0.457 e. The largest absolute Gasteiger partial charge is 0.457 e. The Morgan fingerprint density at radius 3 is 2.48 bits per heavy atom. The van der Waals surface area contributed by atoms with Gasteiger partial charge >= 0.3 is 0 Å². The molecular formula is C20H11Cl2NO2S2. The molecule has 1 fully saturated rings. The Balaban J connectivity index is 1.62. The summed E-state index contributed by atoms with van der Waals surface area (Å²) in [6.45, 7) is 0. The Morgan fingerprint density at radius 2 is 1.74 bits per heavy atom. The molecule has 0 saturated carbocycles. The molecule has 0 aliphatic carbocycles. The Morgan fingerprint density at radius 1 is 1.00 bits per heavy atom. The lowest BCUT2D eigenvalue weighted by molar-refractivity contribution is -0.113. The van der Waals surface area contributed by atoms with Crippen molar-refractivity contribution in [1.29, 1.82) is 0 Å². The third-order valence-corrected chi connectivity index (χ3v) is 5.80. The summed E-state index contributed by atoms with van der Waals surface area (Å²) in [5.74, 6) is 1.00.